The van der Waals surface area contributed by atoms with Gasteiger partial charge in [-0.1, -0.05) is 108 Å². The van der Waals surface area contributed by atoms with E-state index in [1.165, 1.54) is 89.9 Å². The molecule has 0 amide bonds. The summed E-state index contributed by atoms with van der Waals surface area (Å²) in [7, 11) is 0. The molecular formula is C24H39N. The smallest absolute Gasteiger partial charge is 0.0326 e. The predicted octanol–water partition coefficient (Wildman–Crippen LogP) is 7.49. The summed E-state index contributed by atoms with van der Waals surface area (Å²) in [5.74, 6) is 6.47. The maximum atomic E-state index is 5.75. The summed E-state index contributed by atoms with van der Waals surface area (Å²) < 4.78 is 0. The lowest BCUT2D eigenvalue weighted by Gasteiger charge is -2.02. The fourth-order valence-corrected chi connectivity index (χ4v) is 3.19. The van der Waals surface area contributed by atoms with Gasteiger partial charge < -0.3 is 5.73 Å². The van der Waals surface area contributed by atoms with E-state index >= 15 is 0 Å². The summed E-state index contributed by atoms with van der Waals surface area (Å²) in [6.45, 7) is 2.29. The van der Waals surface area contributed by atoms with E-state index in [1.807, 2.05) is 24.3 Å². The van der Waals surface area contributed by atoms with Gasteiger partial charge in [0.15, 0.2) is 0 Å². The number of nitrogen functional groups attached to an aromatic ring is 1. The summed E-state index contributed by atoms with van der Waals surface area (Å²) in [5.41, 5.74) is 7.58. The van der Waals surface area contributed by atoms with Crippen LogP contribution in [-0.2, 0) is 0 Å². The molecular weight excluding hydrogens is 302 g/mol. The predicted molar refractivity (Wildman–Crippen MR) is 113 cm³/mol. The Morgan fingerprint density at radius 2 is 1.24 bits per heavy atom. The summed E-state index contributed by atoms with van der Waals surface area (Å²) >= 11 is 0. The standard InChI is InChI=1S/C24H39N/c1-2-3-4-5-6-7-8-9-10-11-12-13-14-15-16-17-19-23-20-18-21-24(25)22-23/h18,20-22H,2-16,25H2,1H3. The Balaban J connectivity index is 1.82. The van der Waals surface area contributed by atoms with Crippen LogP contribution < -0.4 is 5.73 Å². The highest BCUT2D eigenvalue weighted by Gasteiger charge is 1.94. The summed E-state index contributed by atoms with van der Waals surface area (Å²) in [6.07, 6.45) is 20.7. The number of nitrogens with two attached hydrogens (primary N) is 1. The van der Waals surface area contributed by atoms with Gasteiger partial charge in [-0.25, -0.2) is 0 Å². The van der Waals surface area contributed by atoms with Crippen LogP contribution >= 0.6 is 0 Å². The van der Waals surface area contributed by atoms with E-state index in [0.717, 1.165) is 17.7 Å². The first-order valence-electron chi connectivity index (χ1n) is 10.7. The highest BCUT2D eigenvalue weighted by atomic mass is 14.5. The Bertz CT molecular complexity index is 480. The van der Waals surface area contributed by atoms with Crippen molar-refractivity contribution in [2.45, 2.75) is 103 Å². The minimum Gasteiger partial charge on any atom is -0.399 e. The van der Waals surface area contributed by atoms with Crippen LogP contribution in [-0.4, -0.2) is 0 Å². The molecule has 1 rings (SSSR count). The number of rotatable bonds is 14. The third kappa shape index (κ3) is 13.5. The highest BCUT2D eigenvalue weighted by Crippen LogP contribution is 2.13. The maximum Gasteiger partial charge on any atom is 0.0326 e. The van der Waals surface area contributed by atoms with Crippen molar-refractivity contribution in [1.29, 1.82) is 0 Å². The topological polar surface area (TPSA) is 26.0 Å². The van der Waals surface area contributed by atoms with E-state index in [1.54, 1.807) is 0 Å². The molecule has 25 heavy (non-hydrogen) atoms. The van der Waals surface area contributed by atoms with Crippen LogP contribution in [0.5, 0.6) is 0 Å². The first-order valence-corrected chi connectivity index (χ1v) is 10.7. The molecule has 140 valence electrons. The van der Waals surface area contributed by atoms with E-state index in [-0.39, 0.29) is 0 Å². The van der Waals surface area contributed by atoms with E-state index in [9.17, 15) is 0 Å². The number of unbranched alkanes of at least 4 members (excludes halogenated alkanes) is 14. The average Bonchev–Trinajstić information content (AvgIpc) is 2.61. The number of anilines is 1. The van der Waals surface area contributed by atoms with E-state index in [0.29, 0.717) is 0 Å². The van der Waals surface area contributed by atoms with Gasteiger partial charge in [-0.15, -0.1) is 0 Å². The van der Waals surface area contributed by atoms with Crippen LogP contribution in [0.25, 0.3) is 0 Å². The fourth-order valence-electron chi connectivity index (χ4n) is 3.19. The van der Waals surface area contributed by atoms with E-state index in [4.69, 9.17) is 5.73 Å². The molecule has 2 N–H and O–H groups in total. The van der Waals surface area contributed by atoms with Crippen LogP contribution in [0.4, 0.5) is 5.69 Å². The van der Waals surface area contributed by atoms with Gasteiger partial charge in [0.05, 0.1) is 0 Å². The number of hydrogen-bond acceptors (Lipinski definition) is 1. The molecule has 0 saturated heterocycles. The minimum atomic E-state index is 0.795. The Labute approximate surface area is 156 Å². The molecule has 0 spiro atoms. The van der Waals surface area contributed by atoms with Crippen molar-refractivity contribution in [3.05, 3.63) is 29.8 Å². The third-order valence-corrected chi connectivity index (χ3v) is 4.77. The van der Waals surface area contributed by atoms with Crippen molar-refractivity contribution in [2.75, 3.05) is 5.73 Å². The van der Waals surface area contributed by atoms with Gasteiger partial charge in [0.1, 0.15) is 0 Å². The number of hydrogen-bond donors (Lipinski definition) is 1. The first-order chi connectivity index (χ1) is 12.3. The molecule has 0 unspecified atom stereocenters. The molecule has 1 heteroatoms. The zero-order chi connectivity index (χ0) is 18.0. The zero-order valence-corrected chi connectivity index (χ0v) is 16.5. The molecule has 0 aromatic heterocycles. The second-order valence-corrected chi connectivity index (χ2v) is 7.27. The Morgan fingerprint density at radius 3 is 1.76 bits per heavy atom. The lowest BCUT2D eigenvalue weighted by atomic mass is 10.0. The average molecular weight is 342 g/mol. The summed E-state index contributed by atoms with van der Waals surface area (Å²) in [4.78, 5) is 0. The van der Waals surface area contributed by atoms with Gasteiger partial charge in [-0.3, -0.25) is 0 Å². The van der Waals surface area contributed by atoms with Crippen LogP contribution in [0.15, 0.2) is 24.3 Å². The SMILES string of the molecule is CCCCCCCCCCCCCCCCC#Cc1cccc(N)c1. The minimum absolute atomic E-state index is 0.795. The number of benzene rings is 1. The maximum absolute atomic E-state index is 5.75. The van der Waals surface area contributed by atoms with Crippen LogP contribution in [0.1, 0.15) is 109 Å². The Morgan fingerprint density at radius 1 is 0.720 bits per heavy atom. The van der Waals surface area contributed by atoms with E-state index < -0.39 is 0 Å². The van der Waals surface area contributed by atoms with Gasteiger partial charge in [-0.2, -0.15) is 0 Å². The molecule has 0 fully saturated rings. The van der Waals surface area contributed by atoms with Crippen molar-refractivity contribution >= 4 is 5.69 Å². The molecule has 0 atom stereocenters. The van der Waals surface area contributed by atoms with Gasteiger partial charge in [-0.05, 0) is 24.6 Å². The Hall–Kier alpha value is -1.42. The van der Waals surface area contributed by atoms with Crippen LogP contribution in [0, 0.1) is 11.8 Å². The van der Waals surface area contributed by atoms with Crippen molar-refractivity contribution in [1.82, 2.24) is 0 Å². The molecule has 0 aliphatic heterocycles. The van der Waals surface area contributed by atoms with Gasteiger partial charge in [0, 0.05) is 17.7 Å². The van der Waals surface area contributed by atoms with Gasteiger partial charge in [0.25, 0.3) is 0 Å². The van der Waals surface area contributed by atoms with Crippen molar-refractivity contribution in [3.8, 4) is 11.8 Å². The third-order valence-electron chi connectivity index (χ3n) is 4.77. The lowest BCUT2D eigenvalue weighted by Crippen LogP contribution is -1.84. The molecule has 0 heterocycles. The fraction of sp³-hybridized carbons (Fsp3) is 0.667. The molecule has 1 nitrogen and oxygen atoms in total. The molecule has 0 aliphatic carbocycles. The Kier molecular flexibility index (Phi) is 13.9. The lowest BCUT2D eigenvalue weighted by molar-refractivity contribution is 0.536. The zero-order valence-electron chi connectivity index (χ0n) is 16.5. The second kappa shape index (κ2) is 16.1. The van der Waals surface area contributed by atoms with Crippen molar-refractivity contribution < 1.29 is 0 Å². The van der Waals surface area contributed by atoms with E-state index in [2.05, 4.69) is 18.8 Å². The van der Waals surface area contributed by atoms with Gasteiger partial charge in [0.2, 0.25) is 0 Å². The van der Waals surface area contributed by atoms with Gasteiger partial charge >= 0.3 is 0 Å². The normalized spacial score (nSPS) is 10.4. The first kappa shape index (κ1) is 21.6. The summed E-state index contributed by atoms with van der Waals surface area (Å²) in [6, 6.07) is 7.83. The van der Waals surface area contributed by atoms with Crippen molar-refractivity contribution in [2.24, 2.45) is 0 Å². The monoisotopic (exact) mass is 341 g/mol. The molecule has 1 aromatic rings. The largest absolute Gasteiger partial charge is 0.399 e. The molecule has 0 aliphatic rings. The highest BCUT2D eigenvalue weighted by molar-refractivity contribution is 5.46. The summed E-state index contributed by atoms with van der Waals surface area (Å²) in [5, 5.41) is 0. The second-order valence-electron chi connectivity index (χ2n) is 7.27. The van der Waals surface area contributed by atoms with Crippen molar-refractivity contribution in [3.63, 3.8) is 0 Å². The molecule has 1 aromatic carbocycles. The molecule has 0 saturated carbocycles. The van der Waals surface area contributed by atoms with Crippen LogP contribution in [0.2, 0.25) is 0 Å². The quantitative estimate of drug-likeness (QED) is 0.212. The molecule has 0 bridgehead atoms. The molecule has 0 radical (unpaired) electrons. The van der Waals surface area contributed by atoms with Crippen LogP contribution in [0.3, 0.4) is 0 Å².